The molecule has 24 heavy (non-hydrogen) atoms. The van der Waals surface area contributed by atoms with Crippen molar-refractivity contribution in [2.75, 3.05) is 12.0 Å². The second kappa shape index (κ2) is 7.04. The van der Waals surface area contributed by atoms with Crippen molar-refractivity contribution in [2.24, 2.45) is 0 Å². The van der Waals surface area contributed by atoms with E-state index in [-0.39, 0.29) is 5.91 Å². The number of benzene rings is 2. The van der Waals surface area contributed by atoms with E-state index in [1.165, 1.54) is 0 Å². The summed E-state index contributed by atoms with van der Waals surface area (Å²) in [7, 11) is 1.60. The molecule has 1 heterocycles. The van der Waals surface area contributed by atoms with E-state index in [1.807, 2.05) is 43.3 Å². The molecule has 0 bridgehead atoms. The van der Waals surface area contributed by atoms with E-state index < -0.39 is 0 Å². The lowest BCUT2D eigenvalue weighted by molar-refractivity contribution is 0.0983. The highest BCUT2D eigenvalue weighted by molar-refractivity contribution is 6.06. The van der Waals surface area contributed by atoms with Gasteiger partial charge >= 0.3 is 0 Å². The van der Waals surface area contributed by atoms with Crippen molar-refractivity contribution in [3.63, 3.8) is 0 Å². The van der Waals surface area contributed by atoms with Crippen LogP contribution in [0.15, 0.2) is 71.3 Å². The van der Waals surface area contributed by atoms with Crippen LogP contribution in [-0.2, 0) is 6.54 Å². The first-order valence-corrected chi connectivity index (χ1v) is 7.72. The Bertz CT molecular complexity index is 790. The van der Waals surface area contributed by atoms with Crippen molar-refractivity contribution >= 4 is 11.6 Å². The average Bonchev–Trinajstić information content (AvgIpc) is 3.13. The fourth-order valence-corrected chi connectivity index (χ4v) is 2.45. The molecule has 0 N–H and O–H groups in total. The molecule has 0 saturated heterocycles. The Balaban J connectivity index is 1.93. The van der Waals surface area contributed by atoms with E-state index in [2.05, 4.69) is 0 Å². The number of carbonyl (C=O) groups is 1. The molecule has 0 aliphatic heterocycles. The van der Waals surface area contributed by atoms with Crippen molar-refractivity contribution < 1.29 is 13.9 Å². The van der Waals surface area contributed by atoms with Crippen molar-refractivity contribution in [2.45, 2.75) is 13.5 Å². The largest absolute Gasteiger partial charge is 0.497 e. The van der Waals surface area contributed by atoms with Crippen LogP contribution in [0.25, 0.3) is 0 Å². The summed E-state index contributed by atoms with van der Waals surface area (Å²) in [5.74, 6) is 1.37. The van der Waals surface area contributed by atoms with Gasteiger partial charge in [0, 0.05) is 11.3 Å². The van der Waals surface area contributed by atoms with Crippen molar-refractivity contribution in [3.8, 4) is 5.75 Å². The highest BCUT2D eigenvalue weighted by atomic mass is 16.5. The highest BCUT2D eigenvalue weighted by Gasteiger charge is 2.19. The molecule has 1 amide bonds. The van der Waals surface area contributed by atoms with Crippen LogP contribution in [0.4, 0.5) is 5.69 Å². The number of hydrogen-bond donors (Lipinski definition) is 0. The molecular formula is C20H19NO3. The number of nitrogens with zero attached hydrogens (tertiary/aromatic N) is 1. The summed E-state index contributed by atoms with van der Waals surface area (Å²) < 4.78 is 10.6. The Hall–Kier alpha value is -3.01. The molecule has 122 valence electrons. The number of methoxy groups -OCH3 is 1. The third-order valence-corrected chi connectivity index (χ3v) is 3.82. The van der Waals surface area contributed by atoms with Gasteiger partial charge in [-0.05, 0) is 55.5 Å². The van der Waals surface area contributed by atoms with E-state index in [9.17, 15) is 4.79 Å². The molecular weight excluding hydrogens is 302 g/mol. The number of ether oxygens (including phenoxy) is 1. The normalized spacial score (nSPS) is 10.4. The van der Waals surface area contributed by atoms with E-state index in [0.717, 1.165) is 22.8 Å². The fraction of sp³-hybridized carbons (Fsp3) is 0.150. The van der Waals surface area contributed by atoms with Gasteiger partial charge in [-0.25, -0.2) is 0 Å². The number of aryl methyl sites for hydroxylation is 1. The van der Waals surface area contributed by atoms with E-state index >= 15 is 0 Å². The van der Waals surface area contributed by atoms with Crippen LogP contribution in [-0.4, -0.2) is 13.0 Å². The van der Waals surface area contributed by atoms with Gasteiger partial charge in [0.2, 0.25) is 0 Å². The Morgan fingerprint density at radius 3 is 2.33 bits per heavy atom. The van der Waals surface area contributed by atoms with E-state index in [1.54, 1.807) is 42.5 Å². The molecule has 0 radical (unpaired) electrons. The predicted octanol–water partition coefficient (Wildman–Crippen LogP) is 4.44. The molecule has 3 rings (SSSR count). The molecule has 2 aromatic carbocycles. The first kappa shape index (κ1) is 15.9. The highest BCUT2D eigenvalue weighted by Crippen LogP contribution is 2.22. The maximum Gasteiger partial charge on any atom is 0.258 e. The van der Waals surface area contributed by atoms with Gasteiger partial charge in [0.1, 0.15) is 11.5 Å². The number of anilines is 1. The quantitative estimate of drug-likeness (QED) is 0.697. The number of furan rings is 1. The molecule has 0 atom stereocenters. The van der Waals surface area contributed by atoms with Crippen LogP contribution < -0.4 is 9.64 Å². The monoisotopic (exact) mass is 321 g/mol. The zero-order valence-corrected chi connectivity index (χ0v) is 13.7. The molecule has 4 heteroatoms. The lowest BCUT2D eigenvalue weighted by atomic mass is 10.1. The lowest BCUT2D eigenvalue weighted by Gasteiger charge is -2.22. The topological polar surface area (TPSA) is 42.7 Å². The van der Waals surface area contributed by atoms with Crippen molar-refractivity contribution in [1.29, 1.82) is 0 Å². The van der Waals surface area contributed by atoms with Gasteiger partial charge in [0.05, 0.1) is 19.9 Å². The minimum absolute atomic E-state index is 0.0853. The summed E-state index contributed by atoms with van der Waals surface area (Å²) in [5.41, 5.74) is 2.58. The summed E-state index contributed by atoms with van der Waals surface area (Å²) in [4.78, 5) is 14.7. The van der Waals surface area contributed by atoms with Crippen LogP contribution in [0.3, 0.4) is 0 Å². The Kier molecular flexibility index (Phi) is 4.66. The predicted molar refractivity (Wildman–Crippen MR) is 93.4 cm³/mol. The SMILES string of the molecule is COc1ccc(C(=O)N(Cc2ccco2)c2ccc(C)cc2)cc1. The maximum atomic E-state index is 13.0. The number of carbonyl (C=O) groups excluding carboxylic acids is 1. The molecule has 3 aromatic rings. The summed E-state index contributed by atoms with van der Waals surface area (Å²) in [6, 6.07) is 18.7. The first-order chi connectivity index (χ1) is 11.7. The van der Waals surface area contributed by atoms with Gasteiger partial charge in [-0.1, -0.05) is 17.7 Å². The van der Waals surface area contributed by atoms with Gasteiger partial charge in [0.15, 0.2) is 0 Å². The Morgan fingerprint density at radius 2 is 1.75 bits per heavy atom. The van der Waals surface area contributed by atoms with Crippen LogP contribution in [0.1, 0.15) is 21.7 Å². The van der Waals surface area contributed by atoms with Crippen molar-refractivity contribution in [3.05, 3.63) is 83.8 Å². The minimum Gasteiger partial charge on any atom is -0.497 e. The number of rotatable bonds is 5. The summed E-state index contributed by atoms with van der Waals surface area (Å²) in [6.07, 6.45) is 1.61. The lowest BCUT2D eigenvalue weighted by Crippen LogP contribution is -2.30. The molecule has 0 aliphatic rings. The zero-order chi connectivity index (χ0) is 16.9. The second-order valence-corrected chi connectivity index (χ2v) is 5.53. The van der Waals surface area contributed by atoms with Crippen LogP contribution in [0.5, 0.6) is 5.75 Å². The van der Waals surface area contributed by atoms with E-state index in [0.29, 0.717) is 12.1 Å². The third-order valence-electron chi connectivity index (χ3n) is 3.82. The Labute approximate surface area is 141 Å². The minimum atomic E-state index is -0.0853. The summed E-state index contributed by atoms with van der Waals surface area (Å²) in [6.45, 7) is 2.40. The smallest absolute Gasteiger partial charge is 0.258 e. The number of amides is 1. The van der Waals surface area contributed by atoms with Crippen LogP contribution >= 0.6 is 0 Å². The molecule has 0 aliphatic carbocycles. The van der Waals surface area contributed by atoms with Crippen LogP contribution in [0.2, 0.25) is 0 Å². The molecule has 0 unspecified atom stereocenters. The molecule has 0 spiro atoms. The van der Waals surface area contributed by atoms with Gasteiger partial charge in [-0.2, -0.15) is 0 Å². The molecule has 0 fully saturated rings. The first-order valence-electron chi connectivity index (χ1n) is 7.72. The molecule has 4 nitrogen and oxygen atoms in total. The number of hydrogen-bond acceptors (Lipinski definition) is 3. The van der Waals surface area contributed by atoms with Gasteiger partial charge in [-0.3, -0.25) is 4.79 Å². The average molecular weight is 321 g/mol. The molecule has 0 saturated carbocycles. The maximum absolute atomic E-state index is 13.0. The molecule has 1 aromatic heterocycles. The van der Waals surface area contributed by atoms with Gasteiger partial charge in [0.25, 0.3) is 5.91 Å². The van der Waals surface area contributed by atoms with Crippen LogP contribution in [0, 0.1) is 6.92 Å². The van der Waals surface area contributed by atoms with Gasteiger partial charge in [-0.15, -0.1) is 0 Å². The third kappa shape index (κ3) is 3.49. The fourth-order valence-electron chi connectivity index (χ4n) is 2.45. The summed E-state index contributed by atoms with van der Waals surface area (Å²) >= 11 is 0. The second-order valence-electron chi connectivity index (χ2n) is 5.53. The Morgan fingerprint density at radius 1 is 1.04 bits per heavy atom. The zero-order valence-electron chi connectivity index (χ0n) is 13.7. The summed E-state index contributed by atoms with van der Waals surface area (Å²) in [5, 5.41) is 0. The van der Waals surface area contributed by atoms with E-state index in [4.69, 9.17) is 9.15 Å². The van der Waals surface area contributed by atoms with Crippen molar-refractivity contribution in [1.82, 2.24) is 0 Å². The van der Waals surface area contributed by atoms with Gasteiger partial charge < -0.3 is 14.1 Å². The standard InChI is InChI=1S/C20H19NO3/c1-15-5-9-17(10-6-15)21(14-19-4-3-13-24-19)20(22)16-7-11-18(23-2)12-8-16/h3-13H,14H2,1-2H3.